The first-order valence-electron chi connectivity index (χ1n) is 11.1. The number of rotatable bonds is 7. The van der Waals surface area contributed by atoms with Gasteiger partial charge >= 0.3 is 0 Å². The molecule has 0 aliphatic carbocycles. The van der Waals surface area contributed by atoms with Gasteiger partial charge in [0.15, 0.2) is 0 Å². The van der Waals surface area contributed by atoms with Crippen LogP contribution in [0.4, 0.5) is 5.69 Å². The molecule has 1 N–H and O–H groups in total. The molecule has 0 aliphatic rings. The molecule has 0 spiro atoms. The number of amides is 1. The summed E-state index contributed by atoms with van der Waals surface area (Å²) in [6.45, 7) is 0.298. The summed E-state index contributed by atoms with van der Waals surface area (Å²) in [5.41, 5.74) is 3.01. The van der Waals surface area contributed by atoms with Crippen LogP contribution < -0.4 is 20.3 Å². The van der Waals surface area contributed by atoms with Crippen molar-refractivity contribution < 1.29 is 14.3 Å². The van der Waals surface area contributed by atoms with Gasteiger partial charge in [-0.25, -0.2) is 4.98 Å². The molecule has 176 valence electrons. The van der Waals surface area contributed by atoms with E-state index < -0.39 is 0 Å². The monoisotopic (exact) mass is 468 g/mol. The Bertz CT molecular complexity index is 1590. The van der Waals surface area contributed by atoms with E-state index >= 15 is 0 Å². The molecule has 2 heterocycles. The lowest BCUT2D eigenvalue weighted by molar-refractivity contribution is -0.116. The number of para-hydroxylation sites is 3. The second-order valence-electron chi connectivity index (χ2n) is 8.07. The van der Waals surface area contributed by atoms with Gasteiger partial charge in [-0.2, -0.15) is 0 Å². The molecule has 2 aromatic heterocycles. The molecule has 0 unspecified atom stereocenters. The molecule has 8 nitrogen and oxygen atoms in total. The number of hydrogen-bond acceptors (Lipinski definition) is 5. The highest BCUT2D eigenvalue weighted by Crippen LogP contribution is 2.26. The Hall–Kier alpha value is -4.59. The van der Waals surface area contributed by atoms with Gasteiger partial charge in [0.2, 0.25) is 5.91 Å². The Kier molecular flexibility index (Phi) is 5.93. The van der Waals surface area contributed by atoms with Gasteiger partial charge in [0.25, 0.3) is 5.56 Å². The Labute approximate surface area is 201 Å². The molecular formula is C27H24N4O4. The predicted octanol–water partition coefficient (Wildman–Crippen LogP) is 4.06. The molecule has 0 radical (unpaired) electrons. The van der Waals surface area contributed by atoms with Crippen LogP contribution in [0, 0.1) is 0 Å². The number of anilines is 1. The number of aromatic nitrogens is 3. The average molecular weight is 469 g/mol. The van der Waals surface area contributed by atoms with Crippen molar-refractivity contribution >= 4 is 33.5 Å². The van der Waals surface area contributed by atoms with Crippen molar-refractivity contribution in [3.8, 4) is 11.5 Å². The molecule has 0 bridgehead atoms. The first-order chi connectivity index (χ1) is 17.1. The lowest BCUT2D eigenvalue weighted by atomic mass is 10.2. The summed E-state index contributed by atoms with van der Waals surface area (Å²) in [5, 5.41) is 3.71. The fourth-order valence-electron chi connectivity index (χ4n) is 4.23. The minimum Gasteiger partial charge on any atom is -0.497 e. The summed E-state index contributed by atoms with van der Waals surface area (Å²) in [4.78, 5) is 31.3. The van der Waals surface area contributed by atoms with Crippen LogP contribution >= 0.6 is 0 Å². The van der Waals surface area contributed by atoms with Gasteiger partial charge in [-0.15, -0.1) is 0 Å². The molecule has 1 amide bonds. The number of benzene rings is 3. The number of hydrogen-bond donors (Lipinski definition) is 1. The predicted molar refractivity (Wildman–Crippen MR) is 135 cm³/mol. The number of fused-ring (bicyclic) bond motifs is 3. The number of ether oxygens (including phenoxy) is 2. The molecule has 0 fully saturated rings. The van der Waals surface area contributed by atoms with Crippen LogP contribution in [0.1, 0.15) is 5.56 Å². The van der Waals surface area contributed by atoms with Crippen molar-refractivity contribution in [3.63, 3.8) is 0 Å². The van der Waals surface area contributed by atoms with Crippen LogP contribution in [0.15, 0.2) is 83.9 Å². The second kappa shape index (κ2) is 9.34. The number of carbonyl (C=O) groups is 1. The molecule has 0 atom stereocenters. The van der Waals surface area contributed by atoms with Crippen molar-refractivity contribution in [1.29, 1.82) is 0 Å². The quantitative estimate of drug-likeness (QED) is 0.389. The van der Waals surface area contributed by atoms with Crippen molar-refractivity contribution in [1.82, 2.24) is 14.1 Å². The molecule has 35 heavy (non-hydrogen) atoms. The van der Waals surface area contributed by atoms with Gasteiger partial charge in [0.05, 0.1) is 38.3 Å². The van der Waals surface area contributed by atoms with E-state index in [1.807, 2.05) is 60.7 Å². The van der Waals surface area contributed by atoms with E-state index in [4.69, 9.17) is 9.47 Å². The topological polar surface area (TPSA) is 87.4 Å². The molecule has 0 saturated carbocycles. The zero-order valence-corrected chi connectivity index (χ0v) is 19.4. The second-order valence-corrected chi connectivity index (χ2v) is 8.07. The standard InChI is InChI=1S/C27H24N4O4/c1-34-19-13-11-18(12-14-19)15-30-17-28-25-20-7-3-5-9-22(20)31(26(25)27(30)33)16-24(32)29-21-8-4-6-10-23(21)35-2/h3-14,17H,15-16H2,1-2H3,(H,29,32). The van der Waals surface area contributed by atoms with Gasteiger partial charge in [-0.3, -0.25) is 14.2 Å². The van der Waals surface area contributed by atoms with Crippen LogP contribution in [0.2, 0.25) is 0 Å². The lowest BCUT2D eigenvalue weighted by Gasteiger charge is -2.12. The van der Waals surface area contributed by atoms with Gasteiger partial charge < -0.3 is 19.4 Å². The third-order valence-electron chi connectivity index (χ3n) is 5.93. The number of nitrogens with one attached hydrogen (secondary N) is 1. The summed E-state index contributed by atoms with van der Waals surface area (Å²) in [5.74, 6) is 1.03. The van der Waals surface area contributed by atoms with Crippen molar-refractivity contribution in [3.05, 3.63) is 95.0 Å². The maximum Gasteiger partial charge on any atom is 0.278 e. The van der Waals surface area contributed by atoms with Crippen molar-refractivity contribution in [2.45, 2.75) is 13.1 Å². The van der Waals surface area contributed by atoms with E-state index in [2.05, 4.69) is 10.3 Å². The zero-order valence-electron chi connectivity index (χ0n) is 19.4. The van der Waals surface area contributed by atoms with Crippen LogP contribution in [0.5, 0.6) is 11.5 Å². The van der Waals surface area contributed by atoms with Crippen LogP contribution in [-0.2, 0) is 17.9 Å². The Morgan fingerprint density at radius 2 is 1.69 bits per heavy atom. The summed E-state index contributed by atoms with van der Waals surface area (Å²) in [7, 11) is 3.16. The number of methoxy groups -OCH3 is 2. The summed E-state index contributed by atoms with van der Waals surface area (Å²) in [6, 6.07) is 22.3. The Morgan fingerprint density at radius 3 is 2.46 bits per heavy atom. The van der Waals surface area contributed by atoms with Gasteiger partial charge in [-0.05, 0) is 35.9 Å². The van der Waals surface area contributed by atoms with Gasteiger partial charge in [0, 0.05) is 5.39 Å². The lowest BCUT2D eigenvalue weighted by Crippen LogP contribution is -2.25. The van der Waals surface area contributed by atoms with Crippen molar-refractivity contribution in [2.75, 3.05) is 19.5 Å². The number of nitrogens with zero attached hydrogens (tertiary/aromatic N) is 3. The first kappa shape index (κ1) is 22.2. The summed E-state index contributed by atoms with van der Waals surface area (Å²) < 4.78 is 13.8. The molecule has 0 aliphatic heterocycles. The molecule has 8 heteroatoms. The summed E-state index contributed by atoms with van der Waals surface area (Å²) >= 11 is 0. The highest BCUT2D eigenvalue weighted by Gasteiger charge is 2.19. The maximum atomic E-state index is 13.6. The van der Waals surface area contributed by atoms with Crippen molar-refractivity contribution in [2.24, 2.45) is 0 Å². The highest BCUT2D eigenvalue weighted by molar-refractivity contribution is 6.06. The van der Waals surface area contributed by atoms with E-state index in [1.165, 1.54) is 0 Å². The van der Waals surface area contributed by atoms with Crippen LogP contribution in [0.25, 0.3) is 21.9 Å². The molecule has 5 rings (SSSR count). The number of carbonyl (C=O) groups excluding carboxylic acids is 1. The van der Waals surface area contributed by atoms with Gasteiger partial charge in [-0.1, -0.05) is 42.5 Å². The molecule has 3 aromatic carbocycles. The largest absolute Gasteiger partial charge is 0.497 e. The fraction of sp³-hybridized carbons (Fsp3) is 0.148. The highest BCUT2D eigenvalue weighted by atomic mass is 16.5. The van der Waals surface area contributed by atoms with Gasteiger partial charge in [0.1, 0.15) is 29.1 Å². The molecule has 0 saturated heterocycles. The third kappa shape index (κ3) is 4.21. The Morgan fingerprint density at radius 1 is 0.943 bits per heavy atom. The van der Waals surface area contributed by atoms with Crippen LogP contribution in [-0.4, -0.2) is 34.2 Å². The van der Waals surface area contributed by atoms with E-state index in [0.29, 0.717) is 29.0 Å². The van der Waals surface area contributed by atoms with E-state index in [1.54, 1.807) is 41.8 Å². The average Bonchev–Trinajstić information content (AvgIpc) is 3.20. The third-order valence-corrected chi connectivity index (χ3v) is 5.93. The molecule has 5 aromatic rings. The smallest absolute Gasteiger partial charge is 0.278 e. The van der Waals surface area contributed by atoms with E-state index in [-0.39, 0.29) is 18.0 Å². The fourth-order valence-corrected chi connectivity index (χ4v) is 4.23. The zero-order chi connectivity index (χ0) is 24.4. The summed E-state index contributed by atoms with van der Waals surface area (Å²) in [6.07, 6.45) is 1.56. The minimum atomic E-state index is -0.276. The van der Waals surface area contributed by atoms with Crippen LogP contribution in [0.3, 0.4) is 0 Å². The molecular weight excluding hydrogens is 444 g/mol. The Balaban J connectivity index is 1.55. The van der Waals surface area contributed by atoms with E-state index in [0.717, 1.165) is 22.2 Å². The minimum absolute atomic E-state index is 0.0501. The van der Waals surface area contributed by atoms with E-state index in [9.17, 15) is 9.59 Å². The normalized spacial score (nSPS) is 11.0. The first-order valence-corrected chi connectivity index (χ1v) is 11.1. The maximum absolute atomic E-state index is 13.6. The SMILES string of the molecule is COc1ccc(Cn2cnc3c4ccccc4n(CC(=O)Nc4ccccc4OC)c3c2=O)cc1.